The average Bonchev–Trinajstić information content (AvgIpc) is 2.52. The fourth-order valence-electron chi connectivity index (χ4n) is 1.68. The Kier molecular flexibility index (Phi) is 5.35. The van der Waals surface area contributed by atoms with Crippen LogP contribution in [-0.2, 0) is 9.63 Å². The van der Waals surface area contributed by atoms with E-state index in [4.69, 9.17) is 4.84 Å². The molecule has 0 aliphatic carbocycles. The Morgan fingerprint density at radius 3 is 2.83 bits per heavy atom. The van der Waals surface area contributed by atoms with Crippen LogP contribution in [0.2, 0.25) is 0 Å². The van der Waals surface area contributed by atoms with Crippen LogP contribution in [0.3, 0.4) is 0 Å². The number of nitrogens with zero attached hydrogens (tertiary/aromatic N) is 2. The fraction of sp³-hybridized carbons (Fsp3) is 0.0667. The normalized spacial score (nSPS) is 10.5. The molecule has 7 nitrogen and oxygen atoms in total. The molecule has 0 heterocycles. The second-order valence-electron chi connectivity index (χ2n) is 4.42. The molecule has 8 heteroatoms. The summed E-state index contributed by atoms with van der Waals surface area (Å²) in [5.41, 5.74) is 0.698. The fourth-order valence-corrected chi connectivity index (χ4v) is 1.68. The number of benzene rings is 2. The maximum absolute atomic E-state index is 12.9. The summed E-state index contributed by atoms with van der Waals surface area (Å²) in [4.78, 5) is 26.4. The van der Waals surface area contributed by atoms with Gasteiger partial charge in [0.1, 0.15) is 5.82 Å². The van der Waals surface area contributed by atoms with E-state index in [9.17, 15) is 19.3 Å². The number of rotatable bonds is 6. The Labute approximate surface area is 130 Å². The van der Waals surface area contributed by atoms with Gasteiger partial charge >= 0.3 is 0 Å². The third-order valence-corrected chi connectivity index (χ3v) is 2.66. The molecule has 0 aliphatic heterocycles. The predicted octanol–water partition coefficient (Wildman–Crippen LogP) is 2.72. The number of hydrogen-bond donors (Lipinski definition) is 1. The van der Waals surface area contributed by atoms with Crippen molar-refractivity contribution in [2.45, 2.75) is 0 Å². The van der Waals surface area contributed by atoms with Gasteiger partial charge in [0, 0.05) is 23.4 Å². The van der Waals surface area contributed by atoms with Crippen LogP contribution < -0.4 is 5.32 Å². The topological polar surface area (TPSA) is 93.8 Å². The van der Waals surface area contributed by atoms with Crippen LogP contribution in [-0.4, -0.2) is 23.7 Å². The zero-order chi connectivity index (χ0) is 16.7. The number of nitrogens with one attached hydrogen (secondary N) is 1. The molecule has 0 unspecified atom stereocenters. The van der Waals surface area contributed by atoms with Gasteiger partial charge in [-0.1, -0.05) is 23.4 Å². The molecular formula is C15H12FN3O4. The molecule has 118 valence electrons. The molecule has 0 aliphatic rings. The van der Waals surface area contributed by atoms with Crippen molar-refractivity contribution in [2.24, 2.45) is 5.16 Å². The molecule has 0 bridgehead atoms. The van der Waals surface area contributed by atoms with E-state index in [0.29, 0.717) is 11.3 Å². The summed E-state index contributed by atoms with van der Waals surface area (Å²) in [6, 6.07) is 11.2. The van der Waals surface area contributed by atoms with Crippen molar-refractivity contribution in [1.82, 2.24) is 0 Å². The zero-order valence-corrected chi connectivity index (χ0v) is 11.8. The summed E-state index contributed by atoms with van der Waals surface area (Å²) < 4.78 is 12.9. The third kappa shape index (κ3) is 5.20. The standard InChI is InChI=1S/C15H12FN3O4/c16-12-4-2-5-13(8-12)18-15(20)10-23-17-9-11-3-1-6-14(7-11)19(21)22/h1-9H,10H2,(H,18,20)/b17-9-. The van der Waals surface area contributed by atoms with E-state index in [2.05, 4.69) is 10.5 Å². The Hall–Kier alpha value is -3.29. The van der Waals surface area contributed by atoms with Crippen molar-refractivity contribution in [3.63, 3.8) is 0 Å². The van der Waals surface area contributed by atoms with Crippen molar-refractivity contribution in [3.05, 3.63) is 70.0 Å². The molecule has 0 aromatic heterocycles. The number of non-ortho nitro benzene ring substituents is 1. The Bertz CT molecular complexity index is 749. The highest BCUT2D eigenvalue weighted by molar-refractivity contribution is 5.91. The van der Waals surface area contributed by atoms with Crippen molar-refractivity contribution < 1.29 is 18.9 Å². The minimum atomic E-state index is -0.523. The van der Waals surface area contributed by atoms with Crippen molar-refractivity contribution in [3.8, 4) is 0 Å². The second kappa shape index (κ2) is 7.64. The number of nitro benzene ring substituents is 1. The van der Waals surface area contributed by atoms with Gasteiger partial charge in [0.05, 0.1) is 11.1 Å². The number of halogens is 1. The maximum Gasteiger partial charge on any atom is 0.270 e. The molecule has 0 spiro atoms. The first-order valence-electron chi connectivity index (χ1n) is 6.50. The largest absolute Gasteiger partial charge is 0.386 e. The Morgan fingerprint density at radius 1 is 1.30 bits per heavy atom. The minimum Gasteiger partial charge on any atom is -0.386 e. The highest BCUT2D eigenvalue weighted by Gasteiger charge is 2.05. The molecule has 2 rings (SSSR count). The maximum atomic E-state index is 12.9. The number of nitro groups is 1. The highest BCUT2D eigenvalue weighted by Crippen LogP contribution is 2.11. The van der Waals surface area contributed by atoms with E-state index >= 15 is 0 Å². The molecule has 0 saturated carbocycles. The Balaban J connectivity index is 1.83. The number of oxime groups is 1. The monoisotopic (exact) mass is 317 g/mol. The van der Waals surface area contributed by atoms with Gasteiger partial charge in [-0.05, 0) is 18.2 Å². The van der Waals surface area contributed by atoms with Crippen LogP contribution in [0.15, 0.2) is 53.7 Å². The van der Waals surface area contributed by atoms with Crippen molar-refractivity contribution in [2.75, 3.05) is 11.9 Å². The van der Waals surface area contributed by atoms with Gasteiger partial charge in [-0.2, -0.15) is 0 Å². The summed E-state index contributed by atoms with van der Waals surface area (Å²) in [6.07, 6.45) is 1.25. The van der Waals surface area contributed by atoms with Crippen LogP contribution >= 0.6 is 0 Å². The first-order chi connectivity index (χ1) is 11.0. The number of hydrogen-bond acceptors (Lipinski definition) is 5. The van der Waals surface area contributed by atoms with Gasteiger partial charge in [-0.25, -0.2) is 4.39 Å². The summed E-state index contributed by atoms with van der Waals surface area (Å²) in [6.45, 7) is -0.373. The SMILES string of the molecule is O=C(CO/N=C\c1cccc([N+](=O)[O-])c1)Nc1cccc(F)c1. The summed E-state index contributed by atoms with van der Waals surface area (Å²) >= 11 is 0. The van der Waals surface area contributed by atoms with Crippen LogP contribution in [0.25, 0.3) is 0 Å². The van der Waals surface area contributed by atoms with E-state index in [0.717, 1.165) is 0 Å². The molecule has 0 saturated heterocycles. The Morgan fingerprint density at radius 2 is 2.09 bits per heavy atom. The predicted molar refractivity (Wildman–Crippen MR) is 81.7 cm³/mol. The third-order valence-electron chi connectivity index (χ3n) is 2.66. The molecule has 0 fully saturated rings. The molecule has 2 aromatic rings. The summed E-state index contributed by atoms with van der Waals surface area (Å²) in [5.74, 6) is -0.973. The first kappa shape index (κ1) is 16.1. The van der Waals surface area contributed by atoms with Crippen LogP contribution in [0.1, 0.15) is 5.56 Å². The number of carbonyl (C=O) groups excluding carboxylic acids is 1. The molecular weight excluding hydrogens is 305 g/mol. The summed E-state index contributed by atoms with van der Waals surface area (Å²) in [5, 5.41) is 16.6. The first-order valence-corrected chi connectivity index (χ1v) is 6.50. The van der Waals surface area contributed by atoms with E-state index in [1.807, 2.05) is 0 Å². The lowest BCUT2D eigenvalue weighted by atomic mass is 10.2. The van der Waals surface area contributed by atoms with Gasteiger partial charge < -0.3 is 10.2 Å². The van der Waals surface area contributed by atoms with Crippen molar-refractivity contribution in [1.29, 1.82) is 0 Å². The minimum absolute atomic E-state index is 0.0715. The molecule has 0 radical (unpaired) electrons. The van der Waals surface area contributed by atoms with E-state index in [-0.39, 0.29) is 12.3 Å². The van der Waals surface area contributed by atoms with Gasteiger partial charge in [-0.15, -0.1) is 0 Å². The van der Waals surface area contributed by atoms with Crippen molar-refractivity contribution >= 4 is 23.5 Å². The smallest absolute Gasteiger partial charge is 0.270 e. The lowest BCUT2D eigenvalue weighted by Gasteiger charge is -2.03. The van der Waals surface area contributed by atoms with Crippen LogP contribution in [0.4, 0.5) is 15.8 Å². The van der Waals surface area contributed by atoms with E-state index < -0.39 is 16.6 Å². The van der Waals surface area contributed by atoms with Crippen LogP contribution in [0.5, 0.6) is 0 Å². The number of amides is 1. The quantitative estimate of drug-likeness (QED) is 0.503. The second-order valence-corrected chi connectivity index (χ2v) is 4.42. The average molecular weight is 317 g/mol. The molecule has 2 aromatic carbocycles. The molecule has 0 atom stereocenters. The zero-order valence-electron chi connectivity index (χ0n) is 11.8. The molecule has 1 N–H and O–H groups in total. The number of anilines is 1. The van der Waals surface area contributed by atoms with Gasteiger partial charge in [0.25, 0.3) is 11.6 Å². The lowest BCUT2D eigenvalue weighted by Crippen LogP contribution is -2.17. The van der Waals surface area contributed by atoms with E-state index in [1.54, 1.807) is 6.07 Å². The van der Waals surface area contributed by atoms with Gasteiger partial charge in [0.15, 0.2) is 6.61 Å². The summed E-state index contributed by atoms with van der Waals surface area (Å²) in [7, 11) is 0. The molecule has 23 heavy (non-hydrogen) atoms. The van der Waals surface area contributed by atoms with E-state index in [1.165, 1.54) is 48.7 Å². The number of carbonyl (C=O) groups is 1. The van der Waals surface area contributed by atoms with Gasteiger partial charge in [0.2, 0.25) is 0 Å². The highest BCUT2D eigenvalue weighted by atomic mass is 19.1. The van der Waals surface area contributed by atoms with Crippen LogP contribution in [0, 0.1) is 15.9 Å². The molecule has 1 amide bonds. The van der Waals surface area contributed by atoms with Gasteiger partial charge in [-0.3, -0.25) is 14.9 Å². The lowest BCUT2D eigenvalue weighted by molar-refractivity contribution is -0.384.